The Bertz CT molecular complexity index is 15.0. The van der Waals surface area contributed by atoms with Gasteiger partial charge in [0.2, 0.25) is 0 Å². The minimum atomic E-state index is -0.156. The van der Waals surface area contributed by atoms with Crippen LogP contribution in [0.2, 0.25) is 0 Å². The van der Waals surface area contributed by atoms with E-state index in [4.69, 9.17) is 0 Å². The van der Waals surface area contributed by atoms with Gasteiger partial charge in [-0.25, -0.2) is 0 Å². The van der Waals surface area contributed by atoms with Crippen LogP contribution in [0.15, 0.2) is 0 Å². The number of hydrogen-bond acceptors (Lipinski definition) is 0. The van der Waals surface area contributed by atoms with Crippen molar-refractivity contribution in [2.75, 3.05) is 6.67 Å². The molecule has 0 saturated carbocycles. The molecule has 0 N–H and O–H groups in total. The van der Waals surface area contributed by atoms with E-state index >= 15 is 0 Å². The van der Waals surface area contributed by atoms with E-state index in [2.05, 4.69) is 0 Å². The van der Waals surface area contributed by atoms with Gasteiger partial charge in [-0.05, 0) is 6.42 Å². The first-order valence-electron chi connectivity index (χ1n) is 1.97. The maximum absolute atomic E-state index is 11.0. The van der Waals surface area contributed by atoms with Crippen molar-refractivity contribution in [3.8, 4) is 0 Å². The molecule has 0 aliphatic heterocycles. The van der Waals surface area contributed by atoms with Crippen LogP contribution in [0.4, 0.5) is 4.39 Å². The second-order valence-corrected chi connectivity index (χ2v) is 1.04. The van der Waals surface area contributed by atoms with Crippen LogP contribution in [-0.2, 0) is 0 Å². The molecule has 0 unspecified atom stereocenters. The van der Waals surface area contributed by atoms with Gasteiger partial charge in [-0.2, -0.15) is 0 Å². The quantitative estimate of drug-likeness (QED) is 0.474. The van der Waals surface area contributed by atoms with E-state index in [1.54, 1.807) is 0 Å². The van der Waals surface area contributed by atoms with E-state index in [0.29, 0.717) is 0 Å². The third-order valence-electron chi connectivity index (χ3n) is 0.487. The van der Waals surface area contributed by atoms with Gasteiger partial charge in [0.1, 0.15) is 0 Å². The van der Waals surface area contributed by atoms with Gasteiger partial charge in [0, 0.05) is 0 Å². The fourth-order valence-corrected chi connectivity index (χ4v) is 0.134. The summed E-state index contributed by atoms with van der Waals surface area (Å²) in [7, 11) is 0. The zero-order valence-electron chi connectivity index (χ0n) is 3.50. The van der Waals surface area contributed by atoms with Gasteiger partial charge < -0.3 is 0 Å². The molecular formula is C4H10FK. The molecule has 0 amide bonds. The van der Waals surface area contributed by atoms with Crippen LogP contribution in [0.1, 0.15) is 19.8 Å². The zero-order chi connectivity index (χ0) is 4.12. The van der Waals surface area contributed by atoms with Gasteiger partial charge in [-0.15, -0.1) is 0 Å². The first-order valence-corrected chi connectivity index (χ1v) is 1.97. The van der Waals surface area contributed by atoms with E-state index in [-0.39, 0.29) is 58.1 Å². The van der Waals surface area contributed by atoms with Gasteiger partial charge in [-0.3, -0.25) is 4.39 Å². The summed E-state index contributed by atoms with van der Waals surface area (Å²) in [6, 6.07) is 0. The van der Waals surface area contributed by atoms with Crippen LogP contribution in [0.3, 0.4) is 0 Å². The summed E-state index contributed by atoms with van der Waals surface area (Å²) in [4.78, 5) is 0. The minimum absolute atomic E-state index is 0. The molecule has 0 radical (unpaired) electrons. The number of alkyl halides is 1. The molecule has 6 heavy (non-hydrogen) atoms. The van der Waals surface area contributed by atoms with Crippen LogP contribution in [0.5, 0.6) is 0 Å². The molecule has 0 fully saturated rings. The van der Waals surface area contributed by atoms with Gasteiger partial charge in [0.05, 0.1) is 6.67 Å². The molecule has 0 atom stereocenters. The van der Waals surface area contributed by atoms with Crippen molar-refractivity contribution in [2.24, 2.45) is 0 Å². The molecule has 0 aromatic carbocycles. The molecule has 0 nitrogen and oxygen atoms in total. The van der Waals surface area contributed by atoms with E-state index in [1.165, 1.54) is 0 Å². The summed E-state index contributed by atoms with van der Waals surface area (Å²) in [5, 5.41) is 0. The Morgan fingerprint density at radius 3 is 2.00 bits per heavy atom. The molecule has 0 aromatic rings. The number of hydrogen-bond donors (Lipinski definition) is 0. The molecule has 0 heterocycles. The van der Waals surface area contributed by atoms with Gasteiger partial charge >= 0.3 is 51.4 Å². The van der Waals surface area contributed by atoms with E-state index < -0.39 is 0 Å². The Hall–Kier alpha value is 1.57. The van der Waals surface area contributed by atoms with E-state index in [9.17, 15) is 4.39 Å². The molecule has 34 valence electrons. The third kappa shape index (κ3) is 9.13. The van der Waals surface area contributed by atoms with Crippen molar-refractivity contribution in [3.63, 3.8) is 0 Å². The Labute approximate surface area is 80.9 Å². The molecule has 0 spiro atoms. The van der Waals surface area contributed by atoms with Gasteiger partial charge in [0.25, 0.3) is 0 Å². The summed E-state index contributed by atoms with van der Waals surface area (Å²) in [6.45, 7) is 1.82. The number of halogens is 1. The van der Waals surface area contributed by atoms with Crippen LogP contribution in [0, 0.1) is 0 Å². The number of rotatable bonds is 2. The Balaban J connectivity index is 0. The summed E-state index contributed by atoms with van der Waals surface area (Å²) in [5.41, 5.74) is 0. The van der Waals surface area contributed by atoms with E-state index in [0.717, 1.165) is 12.8 Å². The third-order valence-corrected chi connectivity index (χ3v) is 0.487. The van der Waals surface area contributed by atoms with Crippen LogP contribution in [-0.4, -0.2) is 58.1 Å². The van der Waals surface area contributed by atoms with Crippen molar-refractivity contribution >= 4 is 51.4 Å². The molecule has 0 aliphatic carbocycles. The van der Waals surface area contributed by atoms with E-state index in [1.807, 2.05) is 6.92 Å². The summed E-state index contributed by atoms with van der Waals surface area (Å²) >= 11 is 0. The van der Waals surface area contributed by atoms with Crippen LogP contribution in [0.25, 0.3) is 0 Å². The predicted molar refractivity (Wildman–Crippen MR) is 28.0 cm³/mol. The van der Waals surface area contributed by atoms with Gasteiger partial charge in [0.15, 0.2) is 0 Å². The SMILES string of the molecule is CCCCF.[KH]. The van der Waals surface area contributed by atoms with Crippen molar-refractivity contribution in [1.29, 1.82) is 0 Å². The average Bonchev–Trinajstić information content (AvgIpc) is 1.41. The van der Waals surface area contributed by atoms with Gasteiger partial charge in [-0.1, -0.05) is 13.3 Å². The summed E-state index contributed by atoms with van der Waals surface area (Å²) in [5.74, 6) is 0. The Morgan fingerprint density at radius 1 is 1.50 bits per heavy atom. The summed E-state index contributed by atoms with van der Waals surface area (Å²) < 4.78 is 11.0. The Kier molecular flexibility index (Phi) is 17.1. The normalized spacial score (nSPS) is 7.00. The van der Waals surface area contributed by atoms with Crippen LogP contribution < -0.4 is 0 Å². The van der Waals surface area contributed by atoms with Crippen LogP contribution >= 0.6 is 0 Å². The second kappa shape index (κ2) is 9.76. The predicted octanol–water partition coefficient (Wildman–Crippen LogP) is 1.11. The summed E-state index contributed by atoms with van der Waals surface area (Å²) in [6.07, 6.45) is 1.69. The zero-order valence-corrected chi connectivity index (χ0v) is 3.50. The van der Waals surface area contributed by atoms with Crippen molar-refractivity contribution in [2.45, 2.75) is 19.8 Å². The molecule has 0 bridgehead atoms. The van der Waals surface area contributed by atoms with Crippen molar-refractivity contribution < 1.29 is 4.39 Å². The molecule has 0 aromatic heterocycles. The monoisotopic (exact) mass is 116 g/mol. The first-order chi connectivity index (χ1) is 2.41. The standard InChI is InChI=1S/C4H9F.K.H/c1-2-3-4-5;;/h2-4H2,1H3;;. The first kappa shape index (κ1) is 10.5. The molecule has 0 rings (SSSR count). The fourth-order valence-electron chi connectivity index (χ4n) is 0.134. The molecule has 0 saturated heterocycles. The molecule has 0 aliphatic rings. The molecule has 2 heteroatoms. The average molecular weight is 116 g/mol. The topological polar surface area (TPSA) is 0 Å². The maximum atomic E-state index is 11.0. The molecular weight excluding hydrogens is 106 g/mol. The Morgan fingerprint density at radius 2 is 2.00 bits per heavy atom. The second-order valence-electron chi connectivity index (χ2n) is 1.04. The van der Waals surface area contributed by atoms with Crippen molar-refractivity contribution in [3.05, 3.63) is 0 Å². The fraction of sp³-hybridized carbons (Fsp3) is 1.00. The number of unbranched alkanes of at least 4 members (excludes halogenated alkanes) is 1. The van der Waals surface area contributed by atoms with Crippen molar-refractivity contribution in [1.82, 2.24) is 0 Å².